The minimum Gasteiger partial charge on any atom is -0.497 e. The van der Waals surface area contributed by atoms with Crippen LogP contribution in [0.15, 0.2) is 48.7 Å². The van der Waals surface area contributed by atoms with Crippen LogP contribution in [0.3, 0.4) is 0 Å². The summed E-state index contributed by atoms with van der Waals surface area (Å²) >= 11 is 0. The Balaban J connectivity index is 1.95. The third-order valence-corrected chi connectivity index (χ3v) is 5.11. The van der Waals surface area contributed by atoms with Gasteiger partial charge in [-0.25, -0.2) is 9.78 Å². The van der Waals surface area contributed by atoms with E-state index in [9.17, 15) is 4.79 Å². The Bertz CT molecular complexity index is 1170. The molecule has 150 valence electrons. The van der Waals surface area contributed by atoms with E-state index in [0.717, 1.165) is 22.3 Å². The highest BCUT2D eigenvalue weighted by Crippen LogP contribution is 2.48. The summed E-state index contributed by atoms with van der Waals surface area (Å²) in [6, 6.07) is 14.7. The fourth-order valence-electron chi connectivity index (χ4n) is 3.63. The number of esters is 1. The van der Waals surface area contributed by atoms with E-state index in [0.29, 0.717) is 28.4 Å². The summed E-state index contributed by atoms with van der Waals surface area (Å²) < 4.78 is 16.0. The zero-order valence-corrected chi connectivity index (χ0v) is 16.7. The van der Waals surface area contributed by atoms with Gasteiger partial charge in [0.15, 0.2) is 0 Å². The van der Waals surface area contributed by atoms with Crippen molar-refractivity contribution in [3.05, 3.63) is 70.9 Å². The second-order valence-corrected chi connectivity index (χ2v) is 6.71. The van der Waals surface area contributed by atoms with Crippen molar-refractivity contribution in [2.45, 2.75) is 6.04 Å². The molecule has 1 atom stereocenters. The zero-order valence-electron chi connectivity index (χ0n) is 16.7. The molecule has 1 aliphatic rings. The molecule has 1 N–H and O–H groups in total. The van der Waals surface area contributed by atoms with E-state index in [1.165, 1.54) is 13.3 Å². The number of pyridine rings is 1. The van der Waals surface area contributed by atoms with E-state index in [1.807, 2.05) is 24.3 Å². The first kappa shape index (κ1) is 19.3. The number of aromatic nitrogens is 1. The molecule has 1 unspecified atom stereocenters. The summed E-state index contributed by atoms with van der Waals surface area (Å²) in [5.41, 5.74) is 4.35. The number of methoxy groups -OCH3 is 3. The molecule has 0 bridgehead atoms. The molecule has 0 saturated heterocycles. The molecule has 1 aromatic heterocycles. The van der Waals surface area contributed by atoms with Gasteiger partial charge in [-0.15, -0.1) is 0 Å². The molecule has 2 heterocycles. The molecule has 0 saturated carbocycles. The smallest absolute Gasteiger partial charge is 0.339 e. The van der Waals surface area contributed by atoms with E-state index >= 15 is 0 Å². The van der Waals surface area contributed by atoms with Crippen molar-refractivity contribution in [1.29, 1.82) is 5.26 Å². The van der Waals surface area contributed by atoms with E-state index in [4.69, 9.17) is 19.5 Å². The van der Waals surface area contributed by atoms with Gasteiger partial charge in [-0.2, -0.15) is 5.26 Å². The van der Waals surface area contributed by atoms with E-state index in [-0.39, 0.29) is 6.04 Å². The van der Waals surface area contributed by atoms with Crippen LogP contribution in [0.2, 0.25) is 0 Å². The van der Waals surface area contributed by atoms with Crippen molar-refractivity contribution in [2.75, 3.05) is 26.6 Å². The molecule has 0 aliphatic carbocycles. The predicted octanol–water partition coefficient (Wildman–Crippen LogP) is 3.94. The summed E-state index contributed by atoms with van der Waals surface area (Å²) in [6.07, 6.45) is 1.48. The maximum absolute atomic E-state index is 12.0. The van der Waals surface area contributed by atoms with Gasteiger partial charge in [0, 0.05) is 23.4 Å². The van der Waals surface area contributed by atoms with Gasteiger partial charge in [0.1, 0.15) is 17.3 Å². The van der Waals surface area contributed by atoms with Crippen LogP contribution in [0.1, 0.15) is 33.1 Å². The summed E-state index contributed by atoms with van der Waals surface area (Å²) in [5.74, 6) is 1.43. The van der Waals surface area contributed by atoms with Gasteiger partial charge in [-0.3, -0.25) is 0 Å². The molecule has 2 aromatic carbocycles. The summed E-state index contributed by atoms with van der Waals surface area (Å²) in [7, 11) is 4.52. The Morgan fingerprint density at radius 2 is 1.83 bits per heavy atom. The average molecular weight is 401 g/mol. The second-order valence-electron chi connectivity index (χ2n) is 6.71. The van der Waals surface area contributed by atoms with Gasteiger partial charge >= 0.3 is 5.97 Å². The van der Waals surface area contributed by atoms with Crippen LogP contribution in [0.5, 0.6) is 11.5 Å². The molecule has 0 fully saturated rings. The largest absolute Gasteiger partial charge is 0.497 e. The fraction of sp³-hybridized carbons (Fsp3) is 0.174. The number of ether oxygens (including phenoxy) is 3. The van der Waals surface area contributed by atoms with Crippen LogP contribution < -0.4 is 14.8 Å². The number of nitrogens with zero attached hydrogens (tertiary/aromatic N) is 2. The molecule has 0 spiro atoms. The lowest BCUT2D eigenvalue weighted by Crippen LogP contribution is -2.21. The fourth-order valence-corrected chi connectivity index (χ4v) is 3.63. The standard InChI is InChI=1S/C23H19N3O4/c1-28-16-9-17-18-8-15(23(27)30-3)12-25-22(18)26-21(20(17)19(10-16)29-2)14-6-4-13(11-24)5-7-14/h4-10,12,21H,1-3H3,(H,25,26). The third kappa shape index (κ3) is 3.18. The highest BCUT2D eigenvalue weighted by molar-refractivity contribution is 5.94. The van der Waals surface area contributed by atoms with Gasteiger partial charge in [0.05, 0.1) is 44.6 Å². The highest BCUT2D eigenvalue weighted by Gasteiger charge is 2.31. The number of hydrogen-bond acceptors (Lipinski definition) is 7. The molecule has 7 nitrogen and oxygen atoms in total. The molecule has 0 radical (unpaired) electrons. The van der Waals surface area contributed by atoms with Crippen molar-refractivity contribution >= 4 is 11.8 Å². The number of rotatable bonds is 4. The molecule has 1 aliphatic heterocycles. The summed E-state index contributed by atoms with van der Waals surface area (Å²) in [6.45, 7) is 0. The van der Waals surface area contributed by atoms with Gasteiger partial charge in [0.25, 0.3) is 0 Å². The van der Waals surface area contributed by atoms with E-state index < -0.39 is 5.97 Å². The SMILES string of the molecule is COC(=O)c1cnc2c(c1)-c1cc(OC)cc(OC)c1C(c1ccc(C#N)cc1)N2. The molecule has 7 heteroatoms. The molecule has 3 aromatic rings. The Morgan fingerprint density at radius 1 is 1.07 bits per heavy atom. The van der Waals surface area contributed by atoms with Gasteiger partial charge in [0.2, 0.25) is 0 Å². The number of anilines is 1. The van der Waals surface area contributed by atoms with Gasteiger partial charge in [-0.05, 0) is 35.4 Å². The quantitative estimate of drug-likeness (QED) is 0.662. The number of hydrogen-bond donors (Lipinski definition) is 1. The Morgan fingerprint density at radius 3 is 2.47 bits per heavy atom. The topological polar surface area (TPSA) is 93.5 Å². The lowest BCUT2D eigenvalue weighted by molar-refractivity contribution is 0.0600. The van der Waals surface area contributed by atoms with Crippen molar-refractivity contribution in [3.8, 4) is 28.7 Å². The van der Waals surface area contributed by atoms with E-state index in [1.54, 1.807) is 32.4 Å². The van der Waals surface area contributed by atoms with Crippen LogP contribution in [-0.2, 0) is 4.74 Å². The van der Waals surface area contributed by atoms with Crippen LogP contribution >= 0.6 is 0 Å². The Kier molecular flexibility index (Phi) is 4.98. The Hall–Kier alpha value is -4.05. The highest BCUT2D eigenvalue weighted by atomic mass is 16.5. The molecule has 4 rings (SSSR count). The minimum atomic E-state index is -0.462. The van der Waals surface area contributed by atoms with Crippen LogP contribution in [0.25, 0.3) is 11.1 Å². The first-order chi connectivity index (χ1) is 14.6. The van der Waals surface area contributed by atoms with Crippen molar-refractivity contribution in [2.24, 2.45) is 0 Å². The zero-order chi connectivity index (χ0) is 21.3. The number of nitriles is 1. The summed E-state index contributed by atoms with van der Waals surface area (Å²) in [4.78, 5) is 16.5. The molecular weight excluding hydrogens is 382 g/mol. The maximum atomic E-state index is 12.0. The number of benzene rings is 2. The molecule has 0 amide bonds. The normalized spacial score (nSPS) is 13.9. The lowest BCUT2D eigenvalue weighted by Gasteiger charge is -2.31. The average Bonchev–Trinajstić information content (AvgIpc) is 2.81. The molecular formula is C23H19N3O4. The summed E-state index contributed by atoms with van der Waals surface area (Å²) in [5, 5.41) is 12.5. The monoisotopic (exact) mass is 401 g/mol. The lowest BCUT2D eigenvalue weighted by atomic mass is 9.86. The first-order valence-corrected chi connectivity index (χ1v) is 9.20. The number of nitrogens with one attached hydrogen (secondary N) is 1. The number of carbonyl (C=O) groups is 1. The van der Waals surface area contributed by atoms with E-state index in [2.05, 4.69) is 16.4 Å². The Labute approximate surface area is 173 Å². The third-order valence-electron chi connectivity index (χ3n) is 5.11. The predicted molar refractivity (Wildman–Crippen MR) is 111 cm³/mol. The number of fused-ring (bicyclic) bond motifs is 3. The van der Waals surface area contributed by atoms with Gasteiger partial charge in [-0.1, -0.05) is 12.1 Å². The first-order valence-electron chi connectivity index (χ1n) is 9.20. The van der Waals surface area contributed by atoms with Crippen molar-refractivity contribution in [3.63, 3.8) is 0 Å². The van der Waals surface area contributed by atoms with Crippen LogP contribution in [-0.4, -0.2) is 32.3 Å². The maximum Gasteiger partial charge on any atom is 0.339 e. The van der Waals surface area contributed by atoms with Crippen LogP contribution in [0, 0.1) is 11.3 Å². The van der Waals surface area contributed by atoms with Crippen LogP contribution in [0.4, 0.5) is 5.82 Å². The van der Waals surface area contributed by atoms with Gasteiger partial charge < -0.3 is 19.5 Å². The van der Waals surface area contributed by atoms with Crippen molar-refractivity contribution < 1.29 is 19.0 Å². The number of carbonyl (C=O) groups excluding carboxylic acids is 1. The minimum absolute atomic E-state index is 0.266. The van der Waals surface area contributed by atoms with Crippen molar-refractivity contribution in [1.82, 2.24) is 4.98 Å². The molecule has 30 heavy (non-hydrogen) atoms. The second kappa shape index (κ2) is 7.76.